The summed E-state index contributed by atoms with van der Waals surface area (Å²) in [5, 5.41) is 7.04. The second kappa shape index (κ2) is 10.8. The minimum Gasteiger partial charge on any atom is -0.365 e. The summed E-state index contributed by atoms with van der Waals surface area (Å²) in [6.07, 6.45) is 3.30. The average Bonchev–Trinajstić information content (AvgIpc) is 3.10. The Kier molecular flexibility index (Phi) is 8.68. The van der Waals surface area contributed by atoms with Crippen molar-refractivity contribution in [2.24, 2.45) is 4.99 Å². The van der Waals surface area contributed by atoms with E-state index in [0.717, 1.165) is 18.4 Å². The van der Waals surface area contributed by atoms with E-state index in [4.69, 9.17) is 11.6 Å². The predicted octanol–water partition coefficient (Wildman–Crippen LogP) is 3.62. The molecule has 0 saturated carbocycles. The Morgan fingerprint density at radius 3 is 2.68 bits per heavy atom. The Morgan fingerprint density at radius 2 is 2.04 bits per heavy atom. The Bertz CT molecular complexity index is 783. The topological polar surface area (TPSA) is 52.6 Å². The average molecular weight is 522 g/mol. The molecule has 3 rings (SSSR count). The number of para-hydroxylation sites is 1. The number of pyridine rings is 1. The van der Waals surface area contributed by atoms with Gasteiger partial charge in [-0.05, 0) is 36.6 Å². The zero-order chi connectivity index (χ0) is 19.2. The number of aromatic nitrogens is 1. The molecule has 1 aromatic carbocycles. The molecule has 1 saturated heterocycles. The van der Waals surface area contributed by atoms with E-state index in [-0.39, 0.29) is 35.7 Å². The van der Waals surface area contributed by atoms with Gasteiger partial charge in [-0.15, -0.1) is 24.0 Å². The molecule has 0 amide bonds. The highest BCUT2D eigenvalue weighted by Gasteiger charge is 2.27. The van der Waals surface area contributed by atoms with Gasteiger partial charge in [0, 0.05) is 38.9 Å². The van der Waals surface area contributed by atoms with E-state index >= 15 is 0 Å². The second-order valence-electron chi connectivity index (χ2n) is 6.38. The molecule has 1 aliphatic rings. The van der Waals surface area contributed by atoms with Crippen molar-refractivity contribution in [2.45, 2.75) is 18.9 Å². The van der Waals surface area contributed by atoms with E-state index in [1.807, 2.05) is 6.07 Å². The highest BCUT2D eigenvalue weighted by Crippen LogP contribution is 2.26. The normalized spacial score (nSPS) is 16.6. The monoisotopic (exact) mass is 521 g/mol. The summed E-state index contributed by atoms with van der Waals surface area (Å²) in [4.78, 5) is 10.0. The summed E-state index contributed by atoms with van der Waals surface area (Å²) < 4.78 is 27.9. The van der Waals surface area contributed by atoms with Crippen molar-refractivity contribution in [1.82, 2.24) is 15.6 Å². The molecular formula is C19H23ClF2IN5. The maximum absolute atomic E-state index is 14.0. The van der Waals surface area contributed by atoms with Crippen LogP contribution < -0.4 is 15.5 Å². The third-order valence-corrected chi connectivity index (χ3v) is 4.72. The Hall–Kier alpha value is -1.68. The molecule has 2 heterocycles. The van der Waals surface area contributed by atoms with Gasteiger partial charge in [-0.1, -0.05) is 23.7 Å². The first kappa shape index (κ1) is 22.6. The van der Waals surface area contributed by atoms with Crippen molar-refractivity contribution in [1.29, 1.82) is 0 Å². The fourth-order valence-corrected chi connectivity index (χ4v) is 3.25. The Balaban J connectivity index is 0.00000280. The van der Waals surface area contributed by atoms with Crippen LogP contribution in [0.25, 0.3) is 0 Å². The molecule has 0 spiro atoms. The summed E-state index contributed by atoms with van der Waals surface area (Å²) in [5.74, 6) is -0.401. The van der Waals surface area contributed by atoms with Gasteiger partial charge in [-0.3, -0.25) is 4.99 Å². The molecule has 2 aromatic rings. The lowest BCUT2D eigenvalue weighted by molar-refractivity contribution is 0.576. The smallest absolute Gasteiger partial charge is 0.191 e. The third-order valence-electron chi connectivity index (χ3n) is 4.50. The van der Waals surface area contributed by atoms with E-state index in [1.54, 1.807) is 24.2 Å². The fourth-order valence-electron chi connectivity index (χ4n) is 3.14. The van der Waals surface area contributed by atoms with E-state index < -0.39 is 11.6 Å². The molecule has 0 bridgehead atoms. The number of anilines is 1. The zero-order valence-corrected chi connectivity index (χ0v) is 18.5. The van der Waals surface area contributed by atoms with Crippen LogP contribution in [0.2, 0.25) is 5.15 Å². The molecule has 1 aromatic heterocycles. The number of nitrogens with one attached hydrogen (secondary N) is 2. The summed E-state index contributed by atoms with van der Waals surface area (Å²) >= 11 is 5.78. The molecular weight excluding hydrogens is 499 g/mol. The number of rotatable bonds is 5. The van der Waals surface area contributed by atoms with Crippen LogP contribution in [0.3, 0.4) is 0 Å². The molecule has 0 radical (unpaired) electrons. The van der Waals surface area contributed by atoms with Crippen molar-refractivity contribution in [3.63, 3.8) is 0 Å². The highest BCUT2D eigenvalue weighted by molar-refractivity contribution is 14.0. The van der Waals surface area contributed by atoms with E-state index in [2.05, 4.69) is 20.6 Å². The Labute approximate surface area is 185 Å². The largest absolute Gasteiger partial charge is 0.365 e. The van der Waals surface area contributed by atoms with Crippen LogP contribution in [0, 0.1) is 11.6 Å². The third kappa shape index (κ3) is 5.91. The molecule has 1 fully saturated rings. The van der Waals surface area contributed by atoms with Gasteiger partial charge < -0.3 is 15.5 Å². The van der Waals surface area contributed by atoms with Crippen LogP contribution in [-0.2, 0) is 6.42 Å². The van der Waals surface area contributed by atoms with Gasteiger partial charge in [-0.2, -0.15) is 0 Å². The van der Waals surface area contributed by atoms with Crippen molar-refractivity contribution in [3.8, 4) is 0 Å². The molecule has 2 N–H and O–H groups in total. The number of halogens is 4. The second-order valence-corrected chi connectivity index (χ2v) is 6.77. The molecule has 5 nitrogen and oxygen atoms in total. The molecule has 9 heteroatoms. The van der Waals surface area contributed by atoms with Crippen molar-refractivity contribution in [2.75, 3.05) is 31.6 Å². The molecule has 28 heavy (non-hydrogen) atoms. The van der Waals surface area contributed by atoms with E-state index in [1.165, 1.54) is 18.2 Å². The zero-order valence-electron chi connectivity index (χ0n) is 15.5. The highest BCUT2D eigenvalue weighted by atomic mass is 127. The first-order valence-electron chi connectivity index (χ1n) is 8.83. The Morgan fingerprint density at radius 1 is 1.29 bits per heavy atom. The number of aliphatic imine (C=N–C) groups is 1. The lowest BCUT2D eigenvalue weighted by Crippen LogP contribution is -2.45. The quantitative estimate of drug-likeness (QED) is 0.273. The maximum atomic E-state index is 14.0. The lowest BCUT2D eigenvalue weighted by atomic mass is 10.2. The number of hydrogen-bond acceptors (Lipinski definition) is 3. The molecule has 1 unspecified atom stereocenters. The lowest BCUT2D eigenvalue weighted by Gasteiger charge is -2.21. The van der Waals surface area contributed by atoms with Crippen molar-refractivity contribution < 1.29 is 8.78 Å². The minimum absolute atomic E-state index is 0. The first-order chi connectivity index (χ1) is 13.1. The van der Waals surface area contributed by atoms with Gasteiger partial charge in [0.2, 0.25) is 0 Å². The molecule has 152 valence electrons. The van der Waals surface area contributed by atoms with Gasteiger partial charge in [0.25, 0.3) is 0 Å². The predicted molar refractivity (Wildman–Crippen MR) is 120 cm³/mol. The van der Waals surface area contributed by atoms with Gasteiger partial charge in [0.15, 0.2) is 5.96 Å². The molecule has 1 atom stereocenters. The standard InChI is InChI=1S/C19H22ClF2N5.HI/c1-23-19(24-9-7-13-5-6-17(20)25-11-13)26-14-8-10-27(12-14)18-15(21)3-2-4-16(18)22;/h2-6,11,14H,7-10,12H2,1H3,(H2,23,24,26);1H. The minimum atomic E-state index is -0.533. The van der Waals surface area contributed by atoms with Crippen LogP contribution in [-0.4, -0.2) is 43.7 Å². The number of nitrogens with zero attached hydrogens (tertiary/aromatic N) is 3. The summed E-state index contributed by atoms with van der Waals surface area (Å²) in [6.45, 7) is 1.78. The fraction of sp³-hybridized carbons (Fsp3) is 0.368. The molecule has 0 aliphatic carbocycles. The SMILES string of the molecule is CN=C(NCCc1ccc(Cl)nc1)NC1CCN(c2c(F)cccc2F)C1.I. The first-order valence-corrected chi connectivity index (χ1v) is 9.21. The maximum Gasteiger partial charge on any atom is 0.191 e. The van der Waals surface area contributed by atoms with Gasteiger partial charge in [0.05, 0.1) is 0 Å². The van der Waals surface area contributed by atoms with E-state index in [9.17, 15) is 8.78 Å². The van der Waals surface area contributed by atoms with Crippen molar-refractivity contribution >= 4 is 47.2 Å². The van der Waals surface area contributed by atoms with Crippen LogP contribution in [0.5, 0.6) is 0 Å². The van der Waals surface area contributed by atoms with Crippen LogP contribution in [0.15, 0.2) is 41.5 Å². The number of guanidine groups is 1. The van der Waals surface area contributed by atoms with Crippen LogP contribution in [0.1, 0.15) is 12.0 Å². The number of benzene rings is 1. The van der Waals surface area contributed by atoms with Crippen LogP contribution in [0.4, 0.5) is 14.5 Å². The summed E-state index contributed by atoms with van der Waals surface area (Å²) in [7, 11) is 1.70. The summed E-state index contributed by atoms with van der Waals surface area (Å²) in [6, 6.07) is 7.70. The van der Waals surface area contributed by atoms with Crippen LogP contribution >= 0.6 is 35.6 Å². The van der Waals surface area contributed by atoms with E-state index in [0.29, 0.717) is 30.7 Å². The summed E-state index contributed by atoms with van der Waals surface area (Å²) in [5.41, 5.74) is 1.12. The van der Waals surface area contributed by atoms with Crippen molar-refractivity contribution in [3.05, 3.63) is 58.9 Å². The van der Waals surface area contributed by atoms with Gasteiger partial charge >= 0.3 is 0 Å². The van der Waals surface area contributed by atoms with Gasteiger partial charge in [0.1, 0.15) is 22.5 Å². The van der Waals surface area contributed by atoms with Gasteiger partial charge in [-0.25, -0.2) is 13.8 Å². The number of hydrogen-bond donors (Lipinski definition) is 2. The molecule has 1 aliphatic heterocycles.